The molecule has 0 aliphatic carbocycles. The number of aryl methyl sites for hydroxylation is 1. The van der Waals surface area contributed by atoms with Gasteiger partial charge in [0.2, 0.25) is 15.9 Å². The lowest BCUT2D eigenvalue weighted by atomic mass is 10.1. The Morgan fingerprint density at radius 2 is 1.83 bits per heavy atom. The largest absolute Gasteiger partial charge is 0.373 e. The highest BCUT2D eigenvalue weighted by Crippen LogP contribution is 2.29. The van der Waals surface area contributed by atoms with E-state index < -0.39 is 26.9 Å². The van der Waals surface area contributed by atoms with Crippen molar-refractivity contribution in [3.05, 3.63) is 64.2 Å². The molecule has 0 bridgehead atoms. The molecule has 10 heteroatoms. The summed E-state index contributed by atoms with van der Waals surface area (Å²) in [5, 5.41) is 13.9. The normalized spacial score (nSPS) is 12.1. The maximum atomic E-state index is 12.7. The number of hydrogen-bond donors (Lipinski definition) is 1. The standard InChI is InChI=1S/C20H26N4O5S/c1-15-10-11-18(24(26)27)14-19(15)23(30(4,28)29)16(2)20(25)21-12-13-22(3)17-8-6-5-7-9-17/h5-11,14,16H,12-13H2,1-4H3,(H,21,25). The number of non-ortho nitro benzene ring substituents is 1. The summed E-state index contributed by atoms with van der Waals surface area (Å²) in [6, 6.07) is 12.5. The Labute approximate surface area is 176 Å². The minimum Gasteiger partial charge on any atom is -0.373 e. The summed E-state index contributed by atoms with van der Waals surface area (Å²) in [6.45, 7) is 3.92. The minimum atomic E-state index is -3.87. The SMILES string of the molecule is Cc1ccc([N+](=O)[O-])cc1N(C(C)C(=O)NCCN(C)c1ccccc1)S(C)(=O)=O. The molecule has 0 heterocycles. The van der Waals surface area contributed by atoms with Crippen LogP contribution in [0.25, 0.3) is 0 Å². The van der Waals surface area contributed by atoms with Gasteiger partial charge in [-0.1, -0.05) is 24.3 Å². The Morgan fingerprint density at radius 3 is 2.40 bits per heavy atom. The van der Waals surface area contributed by atoms with Crippen molar-refractivity contribution in [3.63, 3.8) is 0 Å². The first-order valence-corrected chi connectivity index (χ1v) is 11.2. The highest BCUT2D eigenvalue weighted by Gasteiger charge is 2.31. The average molecular weight is 435 g/mol. The van der Waals surface area contributed by atoms with Crippen LogP contribution in [0.2, 0.25) is 0 Å². The van der Waals surface area contributed by atoms with Gasteiger partial charge >= 0.3 is 0 Å². The summed E-state index contributed by atoms with van der Waals surface area (Å²) in [5.74, 6) is -0.493. The summed E-state index contributed by atoms with van der Waals surface area (Å²) < 4.78 is 25.8. The number of nitrogens with one attached hydrogen (secondary N) is 1. The number of hydrogen-bond acceptors (Lipinski definition) is 6. The molecule has 0 spiro atoms. The van der Waals surface area contributed by atoms with Gasteiger partial charge in [0.05, 0.1) is 16.9 Å². The number of rotatable bonds is 9. The molecule has 0 aromatic heterocycles. The van der Waals surface area contributed by atoms with Crippen LogP contribution in [0.4, 0.5) is 17.1 Å². The van der Waals surface area contributed by atoms with Crippen molar-refractivity contribution in [2.24, 2.45) is 0 Å². The maximum Gasteiger partial charge on any atom is 0.271 e. The summed E-state index contributed by atoms with van der Waals surface area (Å²) in [6.07, 6.45) is 0.970. The number of sulfonamides is 1. The fourth-order valence-electron chi connectivity index (χ4n) is 3.04. The zero-order valence-electron chi connectivity index (χ0n) is 17.4. The van der Waals surface area contributed by atoms with Crippen molar-refractivity contribution < 1.29 is 18.1 Å². The van der Waals surface area contributed by atoms with Gasteiger partial charge in [-0.25, -0.2) is 8.42 Å². The fourth-order valence-corrected chi connectivity index (χ4v) is 4.26. The van der Waals surface area contributed by atoms with E-state index >= 15 is 0 Å². The molecule has 1 unspecified atom stereocenters. The highest BCUT2D eigenvalue weighted by molar-refractivity contribution is 7.92. The number of para-hydroxylation sites is 1. The Morgan fingerprint density at radius 1 is 1.20 bits per heavy atom. The lowest BCUT2D eigenvalue weighted by molar-refractivity contribution is -0.384. The predicted octanol–water partition coefficient (Wildman–Crippen LogP) is 2.31. The number of carbonyl (C=O) groups is 1. The molecule has 0 saturated carbocycles. The zero-order valence-corrected chi connectivity index (χ0v) is 18.2. The van der Waals surface area contributed by atoms with E-state index in [1.165, 1.54) is 25.1 Å². The van der Waals surface area contributed by atoms with Gasteiger partial charge in [0.15, 0.2) is 0 Å². The van der Waals surface area contributed by atoms with E-state index in [1.54, 1.807) is 6.92 Å². The second-order valence-electron chi connectivity index (χ2n) is 7.01. The lowest BCUT2D eigenvalue weighted by Crippen LogP contribution is -2.49. The number of nitrogens with zero attached hydrogens (tertiary/aromatic N) is 3. The third-order valence-electron chi connectivity index (χ3n) is 4.67. The summed E-state index contributed by atoms with van der Waals surface area (Å²) in [5.41, 5.74) is 1.36. The molecule has 0 radical (unpaired) electrons. The molecule has 2 aromatic rings. The van der Waals surface area contributed by atoms with Gasteiger partial charge < -0.3 is 10.2 Å². The third-order valence-corrected chi connectivity index (χ3v) is 5.90. The molecular weight excluding hydrogens is 408 g/mol. The fraction of sp³-hybridized carbons (Fsp3) is 0.350. The molecule has 0 aliphatic rings. The topological polar surface area (TPSA) is 113 Å². The van der Waals surface area contributed by atoms with Crippen LogP contribution >= 0.6 is 0 Å². The van der Waals surface area contributed by atoms with Crippen molar-refractivity contribution in [3.8, 4) is 0 Å². The van der Waals surface area contributed by atoms with Gasteiger partial charge in [-0.2, -0.15) is 0 Å². The highest BCUT2D eigenvalue weighted by atomic mass is 32.2. The summed E-state index contributed by atoms with van der Waals surface area (Å²) >= 11 is 0. The Balaban J connectivity index is 2.16. The number of benzene rings is 2. The van der Waals surface area contributed by atoms with Crippen molar-refractivity contribution in [2.75, 3.05) is 35.6 Å². The quantitative estimate of drug-likeness (QED) is 0.479. The molecule has 2 aromatic carbocycles. The first kappa shape index (κ1) is 23.1. The van der Waals surface area contributed by atoms with Crippen LogP contribution in [0.5, 0.6) is 0 Å². The monoisotopic (exact) mass is 434 g/mol. The van der Waals surface area contributed by atoms with Crippen molar-refractivity contribution >= 4 is 33.0 Å². The number of amides is 1. The molecule has 1 amide bonds. The van der Waals surface area contributed by atoms with Gasteiger partial charge in [0.25, 0.3) is 5.69 Å². The van der Waals surface area contributed by atoms with E-state index in [1.807, 2.05) is 42.3 Å². The van der Waals surface area contributed by atoms with E-state index in [2.05, 4.69) is 5.32 Å². The predicted molar refractivity (Wildman–Crippen MR) is 117 cm³/mol. The molecule has 30 heavy (non-hydrogen) atoms. The minimum absolute atomic E-state index is 0.107. The smallest absolute Gasteiger partial charge is 0.271 e. The van der Waals surface area contributed by atoms with Gasteiger partial charge in [0.1, 0.15) is 6.04 Å². The molecule has 9 nitrogen and oxygen atoms in total. The third kappa shape index (κ3) is 5.69. The molecular formula is C20H26N4O5S. The van der Waals surface area contributed by atoms with E-state index in [0.717, 1.165) is 16.2 Å². The number of anilines is 2. The van der Waals surface area contributed by atoms with Gasteiger partial charge in [-0.3, -0.25) is 19.2 Å². The second kappa shape index (κ2) is 9.57. The molecule has 1 atom stereocenters. The van der Waals surface area contributed by atoms with Gasteiger partial charge in [-0.05, 0) is 31.5 Å². The number of nitro groups is 1. The lowest BCUT2D eigenvalue weighted by Gasteiger charge is -2.29. The van der Waals surface area contributed by atoms with Crippen LogP contribution < -0.4 is 14.5 Å². The molecule has 0 fully saturated rings. The van der Waals surface area contributed by atoms with Crippen molar-refractivity contribution in [1.29, 1.82) is 0 Å². The number of nitro benzene ring substituents is 1. The molecule has 162 valence electrons. The van der Waals surface area contributed by atoms with Crippen LogP contribution in [0.1, 0.15) is 12.5 Å². The molecule has 0 aliphatic heterocycles. The van der Waals surface area contributed by atoms with Crippen LogP contribution in [-0.4, -0.2) is 51.7 Å². The Hall–Kier alpha value is -3.14. The van der Waals surface area contributed by atoms with Crippen LogP contribution in [0, 0.1) is 17.0 Å². The number of likely N-dealkylation sites (N-methyl/N-ethyl adjacent to an activating group) is 1. The second-order valence-corrected chi connectivity index (χ2v) is 8.87. The van der Waals surface area contributed by atoms with E-state index in [9.17, 15) is 23.3 Å². The molecule has 2 rings (SSSR count). The van der Waals surface area contributed by atoms with E-state index in [-0.39, 0.29) is 11.4 Å². The van der Waals surface area contributed by atoms with Gasteiger partial charge in [0, 0.05) is 38.0 Å². The van der Waals surface area contributed by atoms with Crippen LogP contribution in [0.15, 0.2) is 48.5 Å². The van der Waals surface area contributed by atoms with E-state index in [4.69, 9.17) is 0 Å². The molecule has 0 saturated heterocycles. The van der Waals surface area contributed by atoms with Crippen LogP contribution in [-0.2, 0) is 14.8 Å². The molecule has 1 N–H and O–H groups in total. The average Bonchev–Trinajstić information content (AvgIpc) is 2.68. The Bertz CT molecular complexity index is 1010. The van der Waals surface area contributed by atoms with Crippen molar-refractivity contribution in [2.45, 2.75) is 19.9 Å². The first-order chi connectivity index (χ1) is 14.0. The summed E-state index contributed by atoms with van der Waals surface area (Å²) in [4.78, 5) is 25.2. The summed E-state index contributed by atoms with van der Waals surface area (Å²) in [7, 11) is -1.98. The van der Waals surface area contributed by atoms with Crippen LogP contribution in [0.3, 0.4) is 0 Å². The first-order valence-electron chi connectivity index (χ1n) is 9.30. The van der Waals surface area contributed by atoms with Gasteiger partial charge in [-0.15, -0.1) is 0 Å². The van der Waals surface area contributed by atoms with Crippen molar-refractivity contribution in [1.82, 2.24) is 5.32 Å². The zero-order chi connectivity index (χ0) is 22.5. The van der Waals surface area contributed by atoms with E-state index in [0.29, 0.717) is 18.7 Å². The number of carbonyl (C=O) groups excluding carboxylic acids is 1. The Kier molecular flexibility index (Phi) is 7.38. The maximum absolute atomic E-state index is 12.7.